The molecule has 3 rings (SSSR count). The number of anilines is 2. The highest BCUT2D eigenvalue weighted by Gasteiger charge is 2.51. The second-order valence-corrected chi connectivity index (χ2v) is 6.89. The predicted octanol–water partition coefficient (Wildman–Crippen LogP) is 2.58. The van der Waals surface area contributed by atoms with Crippen molar-refractivity contribution >= 4 is 35.1 Å². The maximum absolute atomic E-state index is 13.3. The minimum absolute atomic E-state index is 0.217. The smallest absolute Gasteiger partial charge is 0.325 e. The molecule has 8 nitrogen and oxygen atoms in total. The van der Waals surface area contributed by atoms with Crippen LogP contribution in [0.25, 0.3) is 0 Å². The van der Waals surface area contributed by atoms with Gasteiger partial charge in [-0.1, -0.05) is 19.1 Å². The minimum atomic E-state index is -1.34. The zero-order chi connectivity index (χ0) is 21.9. The van der Waals surface area contributed by atoms with E-state index in [1.54, 1.807) is 31.2 Å². The van der Waals surface area contributed by atoms with Gasteiger partial charge in [0.2, 0.25) is 11.8 Å². The predicted molar refractivity (Wildman–Crippen MR) is 108 cm³/mol. The molecule has 2 aromatic carbocycles. The van der Waals surface area contributed by atoms with Crippen LogP contribution >= 0.6 is 0 Å². The third-order valence-corrected chi connectivity index (χ3v) is 4.83. The van der Waals surface area contributed by atoms with Crippen molar-refractivity contribution in [2.24, 2.45) is 0 Å². The van der Waals surface area contributed by atoms with Crippen molar-refractivity contribution in [1.82, 2.24) is 10.2 Å². The van der Waals surface area contributed by atoms with E-state index in [-0.39, 0.29) is 12.3 Å². The molecule has 156 valence electrons. The molecule has 30 heavy (non-hydrogen) atoms. The Bertz CT molecular complexity index is 991. The van der Waals surface area contributed by atoms with Crippen LogP contribution < -0.4 is 16.0 Å². The molecule has 9 heteroatoms. The van der Waals surface area contributed by atoms with E-state index in [9.17, 15) is 23.6 Å². The molecule has 0 aliphatic carbocycles. The highest BCUT2D eigenvalue weighted by atomic mass is 19.1. The van der Waals surface area contributed by atoms with Crippen LogP contribution in [-0.2, 0) is 19.9 Å². The Morgan fingerprint density at radius 1 is 1.00 bits per heavy atom. The lowest BCUT2D eigenvalue weighted by Gasteiger charge is -2.25. The van der Waals surface area contributed by atoms with E-state index in [4.69, 9.17) is 0 Å². The molecule has 0 bridgehead atoms. The quantitative estimate of drug-likeness (QED) is 0.634. The van der Waals surface area contributed by atoms with E-state index in [0.717, 1.165) is 4.90 Å². The summed E-state index contributed by atoms with van der Waals surface area (Å²) in [5.41, 5.74) is 0.120. The Balaban J connectivity index is 1.71. The summed E-state index contributed by atoms with van der Waals surface area (Å²) < 4.78 is 13.3. The summed E-state index contributed by atoms with van der Waals surface area (Å²) in [6.07, 6.45) is 0.242. The average Bonchev–Trinajstić information content (AvgIpc) is 2.95. The van der Waals surface area contributed by atoms with E-state index in [1.165, 1.54) is 31.2 Å². The molecule has 5 amide bonds. The first-order valence-corrected chi connectivity index (χ1v) is 9.33. The highest BCUT2D eigenvalue weighted by molar-refractivity contribution is 6.10. The first-order chi connectivity index (χ1) is 14.2. The number of hydrogen-bond donors (Lipinski definition) is 3. The summed E-state index contributed by atoms with van der Waals surface area (Å²) in [5, 5.41) is 7.86. The molecule has 1 fully saturated rings. The van der Waals surface area contributed by atoms with Gasteiger partial charge >= 0.3 is 6.03 Å². The second kappa shape index (κ2) is 8.32. The van der Waals surface area contributed by atoms with Gasteiger partial charge in [0.05, 0.1) is 0 Å². The van der Waals surface area contributed by atoms with Crippen LogP contribution in [0.1, 0.15) is 25.8 Å². The van der Waals surface area contributed by atoms with Crippen LogP contribution in [0.4, 0.5) is 20.6 Å². The molecule has 0 unspecified atom stereocenters. The third-order valence-electron chi connectivity index (χ3n) is 4.83. The summed E-state index contributed by atoms with van der Waals surface area (Å²) in [6.45, 7) is 2.64. The van der Waals surface area contributed by atoms with Crippen molar-refractivity contribution in [1.29, 1.82) is 0 Å². The molecule has 3 N–H and O–H groups in total. The average molecular weight is 412 g/mol. The van der Waals surface area contributed by atoms with Crippen LogP contribution in [0.5, 0.6) is 0 Å². The second-order valence-electron chi connectivity index (χ2n) is 6.89. The fourth-order valence-corrected chi connectivity index (χ4v) is 3.33. The standard InChI is InChI=1S/C21H21FN4O4/c1-3-21(14-4-6-15(22)7-5-14)19(29)26(20(30)25-21)12-18(28)24-17-10-8-16(9-11-17)23-13(2)27/h4-11H,3,12H2,1-2H3,(H,23,27)(H,24,28)(H,25,30)/t21-/m1/s1. The van der Waals surface area contributed by atoms with Crippen LogP contribution in [0.3, 0.4) is 0 Å². The van der Waals surface area contributed by atoms with E-state index in [1.807, 2.05) is 0 Å². The number of urea groups is 1. The Kier molecular flexibility index (Phi) is 5.81. The normalized spacial score (nSPS) is 18.2. The summed E-state index contributed by atoms with van der Waals surface area (Å²) in [5.74, 6) is -1.80. The highest BCUT2D eigenvalue weighted by Crippen LogP contribution is 2.32. The van der Waals surface area contributed by atoms with Crippen LogP contribution in [0.2, 0.25) is 0 Å². The maximum atomic E-state index is 13.3. The third kappa shape index (κ3) is 4.14. The number of nitrogens with zero attached hydrogens (tertiary/aromatic N) is 1. The number of imide groups is 1. The molecule has 0 radical (unpaired) electrons. The Morgan fingerprint density at radius 2 is 1.57 bits per heavy atom. The van der Waals surface area contributed by atoms with E-state index >= 15 is 0 Å². The van der Waals surface area contributed by atoms with Crippen molar-refractivity contribution in [2.75, 3.05) is 17.2 Å². The molecule has 0 saturated carbocycles. The molecule has 2 aromatic rings. The van der Waals surface area contributed by atoms with Crippen LogP contribution in [-0.4, -0.2) is 35.2 Å². The number of rotatable bonds is 6. The lowest BCUT2D eigenvalue weighted by molar-refractivity contribution is -0.134. The monoisotopic (exact) mass is 412 g/mol. The molecule has 0 aromatic heterocycles. The molecule has 1 aliphatic heterocycles. The Morgan fingerprint density at radius 3 is 2.10 bits per heavy atom. The van der Waals surface area contributed by atoms with Gasteiger partial charge < -0.3 is 16.0 Å². The van der Waals surface area contributed by atoms with Crippen molar-refractivity contribution in [3.05, 3.63) is 59.9 Å². The van der Waals surface area contributed by atoms with Gasteiger partial charge in [-0.15, -0.1) is 0 Å². The lowest BCUT2D eigenvalue weighted by atomic mass is 9.87. The van der Waals surface area contributed by atoms with Gasteiger partial charge in [0.25, 0.3) is 5.91 Å². The van der Waals surface area contributed by atoms with Gasteiger partial charge in [-0.25, -0.2) is 9.18 Å². The topological polar surface area (TPSA) is 108 Å². The summed E-state index contributed by atoms with van der Waals surface area (Å²) in [4.78, 5) is 49.7. The lowest BCUT2D eigenvalue weighted by Crippen LogP contribution is -2.44. The van der Waals surface area contributed by atoms with Crippen molar-refractivity contribution < 1.29 is 23.6 Å². The number of halogens is 1. The van der Waals surface area contributed by atoms with Crippen molar-refractivity contribution in [3.63, 3.8) is 0 Å². The van der Waals surface area contributed by atoms with E-state index in [2.05, 4.69) is 16.0 Å². The molecule has 0 spiro atoms. The van der Waals surface area contributed by atoms with Crippen LogP contribution in [0.15, 0.2) is 48.5 Å². The first kappa shape index (κ1) is 21.0. The van der Waals surface area contributed by atoms with E-state index in [0.29, 0.717) is 16.9 Å². The minimum Gasteiger partial charge on any atom is -0.326 e. The van der Waals surface area contributed by atoms with E-state index < -0.39 is 35.7 Å². The number of benzene rings is 2. The molecule has 1 aliphatic rings. The zero-order valence-corrected chi connectivity index (χ0v) is 16.5. The SMILES string of the molecule is CC[C@]1(c2ccc(F)cc2)NC(=O)N(CC(=O)Nc2ccc(NC(C)=O)cc2)C1=O. The summed E-state index contributed by atoms with van der Waals surface area (Å²) in [7, 11) is 0. The molecule has 1 heterocycles. The van der Waals surface area contributed by atoms with Crippen molar-refractivity contribution in [3.8, 4) is 0 Å². The van der Waals surface area contributed by atoms with Crippen molar-refractivity contribution in [2.45, 2.75) is 25.8 Å². The van der Waals surface area contributed by atoms with Gasteiger partial charge in [0, 0.05) is 18.3 Å². The first-order valence-electron chi connectivity index (χ1n) is 9.33. The van der Waals surface area contributed by atoms with Crippen LogP contribution in [0, 0.1) is 5.82 Å². The molecule has 1 atom stereocenters. The summed E-state index contributed by atoms with van der Waals surface area (Å²) >= 11 is 0. The maximum Gasteiger partial charge on any atom is 0.325 e. The Labute approximate surface area is 172 Å². The summed E-state index contributed by atoms with van der Waals surface area (Å²) in [6, 6.07) is 11.0. The van der Waals surface area contributed by atoms with Gasteiger partial charge in [-0.05, 0) is 48.4 Å². The Hall–Kier alpha value is -3.75. The number of hydrogen-bond acceptors (Lipinski definition) is 4. The number of amides is 5. The molecular formula is C21H21FN4O4. The number of carbonyl (C=O) groups is 4. The van der Waals surface area contributed by atoms with Gasteiger partial charge in [-0.2, -0.15) is 0 Å². The molecule has 1 saturated heterocycles. The van der Waals surface area contributed by atoms with Gasteiger partial charge in [0.1, 0.15) is 17.9 Å². The number of carbonyl (C=O) groups excluding carboxylic acids is 4. The fourth-order valence-electron chi connectivity index (χ4n) is 3.33. The molecular weight excluding hydrogens is 391 g/mol. The van der Waals surface area contributed by atoms with Gasteiger partial charge in [-0.3, -0.25) is 19.3 Å². The fraction of sp³-hybridized carbons (Fsp3) is 0.238. The van der Waals surface area contributed by atoms with Gasteiger partial charge in [0.15, 0.2) is 0 Å². The largest absolute Gasteiger partial charge is 0.326 e. The number of nitrogens with one attached hydrogen (secondary N) is 3. The zero-order valence-electron chi connectivity index (χ0n) is 16.5.